The summed E-state index contributed by atoms with van der Waals surface area (Å²) in [5.41, 5.74) is 1.05. The largest absolute Gasteiger partial charge is 0.363 e. The summed E-state index contributed by atoms with van der Waals surface area (Å²) in [6.45, 7) is 3.09. The maximum Gasteiger partial charge on any atom is 0.292 e. The number of nitrogens with one attached hydrogen (secondary N) is 1. The van der Waals surface area contributed by atoms with Gasteiger partial charge in [0.25, 0.3) is 5.69 Å². The number of nitro groups is 1. The van der Waals surface area contributed by atoms with E-state index in [4.69, 9.17) is 0 Å². The molecule has 1 aliphatic heterocycles. The third-order valence-electron chi connectivity index (χ3n) is 4.29. The highest BCUT2D eigenvalue weighted by Gasteiger charge is 2.34. The summed E-state index contributed by atoms with van der Waals surface area (Å²) in [4.78, 5) is 13.3. The monoisotopic (exact) mass is 275 g/mol. The van der Waals surface area contributed by atoms with Crippen LogP contribution in [-0.4, -0.2) is 30.6 Å². The van der Waals surface area contributed by atoms with Crippen molar-refractivity contribution in [2.24, 2.45) is 5.92 Å². The number of hydrogen-bond donors (Lipinski definition) is 1. The van der Waals surface area contributed by atoms with Crippen molar-refractivity contribution in [3.8, 4) is 0 Å². The maximum atomic E-state index is 11.2. The SMILES string of the molecule is O=[N+]([O-])c1ccccc1N(CC1CCNCC1)C1CC1. The zero-order chi connectivity index (χ0) is 13.9. The van der Waals surface area contributed by atoms with Crippen molar-refractivity contribution in [1.29, 1.82) is 0 Å². The molecule has 1 aromatic carbocycles. The van der Waals surface area contributed by atoms with Gasteiger partial charge in [-0.05, 0) is 50.8 Å². The summed E-state index contributed by atoms with van der Waals surface area (Å²) >= 11 is 0. The second-order valence-corrected chi connectivity index (χ2v) is 5.82. The molecule has 2 fully saturated rings. The number of benzene rings is 1. The summed E-state index contributed by atoms with van der Waals surface area (Å²) < 4.78 is 0. The van der Waals surface area contributed by atoms with Crippen molar-refractivity contribution >= 4 is 11.4 Å². The fraction of sp³-hybridized carbons (Fsp3) is 0.600. The highest BCUT2D eigenvalue weighted by Crippen LogP contribution is 2.37. The molecule has 0 amide bonds. The van der Waals surface area contributed by atoms with Crippen LogP contribution in [0, 0.1) is 16.0 Å². The van der Waals surface area contributed by atoms with Gasteiger partial charge in [-0.25, -0.2) is 0 Å². The molecule has 1 aliphatic carbocycles. The summed E-state index contributed by atoms with van der Waals surface area (Å²) in [5, 5.41) is 14.6. The lowest BCUT2D eigenvalue weighted by Gasteiger charge is -2.31. The van der Waals surface area contributed by atoms with Crippen molar-refractivity contribution in [3.63, 3.8) is 0 Å². The van der Waals surface area contributed by atoms with Crippen LogP contribution in [0.15, 0.2) is 24.3 Å². The molecule has 0 unspecified atom stereocenters. The molecule has 2 aliphatic rings. The third kappa shape index (κ3) is 2.93. The molecular formula is C15H21N3O2. The van der Waals surface area contributed by atoms with Gasteiger partial charge in [0.1, 0.15) is 5.69 Å². The normalized spacial score (nSPS) is 19.8. The maximum absolute atomic E-state index is 11.2. The Morgan fingerprint density at radius 1 is 1.20 bits per heavy atom. The number of rotatable bonds is 5. The van der Waals surface area contributed by atoms with E-state index in [0.29, 0.717) is 12.0 Å². The standard InChI is InChI=1S/C15H21N3O2/c19-18(20)15-4-2-1-3-14(15)17(13-5-6-13)11-12-7-9-16-10-8-12/h1-4,12-13,16H,5-11H2. The Balaban J connectivity index is 1.81. The van der Waals surface area contributed by atoms with E-state index >= 15 is 0 Å². The Bertz CT molecular complexity index is 482. The van der Waals surface area contributed by atoms with Gasteiger partial charge in [-0.1, -0.05) is 12.1 Å². The van der Waals surface area contributed by atoms with Crippen LogP contribution in [0.2, 0.25) is 0 Å². The van der Waals surface area contributed by atoms with E-state index in [1.165, 1.54) is 12.8 Å². The molecule has 0 radical (unpaired) electrons. The molecule has 5 nitrogen and oxygen atoms in total. The first kappa shape index (κ1) is 13.4. The number of nitrogens with zero attached hydrogens (tertiary/aromatic N) is 2. The number of para-hydroxylation sites is 2. The average molecular weight is 275 g/mol. The summed E-state index contributed by atoms with van der Waals surface area (Å²) in [6.07, 6.45) is 4.67. The number of anilines is 1. The van der Waals surface area contributed by atoms with Crippen molar-refractivity contribution in [2.45, 2.75) is 31.7 Å². The van der Waals surface area contributed by atoms with E-state index < -0.39 is 0 Å². The van der Waals surface area contributed by atoms with Crippen LogP contribution in [0.3, 0.4) is 0 Å². The average Bonchev–Trinajstić information content (AvgIpc) is 3.30. The first-order valence-corrected chi connectivity index (χ1v) is 7.46. The molecular weight excluding hydrogens is 254 g/mol. The molecule has 0 atom stereocenters. The van der Waals surface area contributed by atoms with Crippen molar-refractivity contribution in [2.75, 3.05) is 24.5 Å². The van der Waals surface area contributed by atoms with Crippen LogP contribution in [0.1, 0.15) is 25.7 Å². The molecule has 108 valence electrons. The number of nitro benzene ring substituents is 1. The molecule has 1 aromatic rings. The summed E-state index contributed by atoms with van der Waals surface area (Å²) in [5.74, 6) is 0.650. The van der Waals surface area contributed by atoms with Crippen molar-refractivity contribution in [3.05, 3.63) is 34.4 Å². The van der Waals surface area contributed by atoms with Crippen LogP contribution >= 0.6 is 0 Å². The minimum Gasteiger partial charge on any atom is -0.363 e. The van der Waals surface area contributed by atoms with E-state index in [9.17, 15) is 10.1 Å². The first-order valence-electron chi connectivity index (χ1n) is 7.46. The highest BCUT2D eigenvalue weighted by molar-refractivity contribution is 5.64. The Morgan fingerprint density at radius 2 is 1.90 bits per heavy atom. The van der Waals surface area contributed by atoms with E-state index in [-0.39, 0.29) is 10.6 Å². The fourth-order valence-electron chi connectivity index (χ4n) is 3.03. The molecule has 1 saturated carbocycles. The molecule has 1 N–H and O–H groups in total. The van der Waals surface area contributed by atoms with Gasteiger partial charge < -0.3 is 10.2 Å². The molecule has 1 heterocycles. The third-order valence-corrected chi connectivity index (χ3v) is 4.29. The Hall–Kier alpha value is -1.62. The molecule has 0 aromatic heterocycles. The quantitative estimate of drug-likeness (QED) is 0.663. The second-order valence-electron chi connectivity index (χ2n) is 5.82. The zero-order valence-electron chi connectivity index (χ0n) is 11.6. The number of hydrogen-bond acceptors (Lipinski definition) is 4. The minimum absolute atomic E-state index is 0.244. The van der Waals surface area contributed by atoms with Crippen molar-refractivity contribution < 1.29 is 4.92 Å². The van der Waals surface area contributed by atoms with E-state index in [2.05, 4.69) is 10.2 Å². The van der Waals surface area contributed by atoms with Crippen LogP contribution in [0.4, 0.5) is 11.4 Å². The molecule has 0 spiro atoms. The molecule has 0 bridgehead atoms. The van der Waals surface area contributed by atoms with Gasteiger partial charge in [0.05, 0.1) is 4.92 Å². The molecule has 20 heavy (non-hydrogen) atoms. The van der Waals surface area contributed by atoms with Crippen LogP contribution in [-0.2, 0) is 0 Å². The van der Waals surface area contributed by atoms with Crippen LogP contribution in [0.25, 0.3) is 0 Å². The molecule has 1 saturated heterocycles. The van der Waals surface area contributed by atoms with E-state index in [0.717, 1.165) is 38.2 Å². The Kier molecular flexibility index (Phi) is 3.87. The van der Waals surface area contributed by atoms with E-state index in [1.807, 2.05) is 12.1 Å². The zero-order valence-corrected chi connectivity index (χ0v) is 11.6. The van der Waals surface area contributed by atoms with Gasteiger partial charge >= 0.3 is 0 Å². The van der Waals surface area contributed by atoms with Gasteiger partial charge in [-0.2, -0.15) is 0 Å². The molecule has 3 rings (SSSR count). The van der Waals surface area contributed by atoms with E-state index in [1.54, 1.807) is 12.1 Å². The lowest BCUT2D eigenvalue weighted by Crippen LogP contribution is -2.37. The predicted molar refractivity (Wildman–Crippen MR) is 79.1 cm³/mol. The highest BCUT2D eigenvalue weighted by atomic mass is 16.6. The lowest BCUT2D eigenvalue weighted by molar-refractivity contribution is -0.384. The fourth-order valence-corrected chi connectivity index (χ4v) is 3.03. The topological polar surface area (TPSA) is 58.4 Å². The van der Waals surface area contributed by atoms with Gasteiger partial charge in [0.2, 0.25) is 0 Å². The predicted octanol–water partition coefficient (Wildman–Crippen LogP) is 2.56. The van der Waals surface area contributed by atoms with Crippen LogP contribution < -0.4 is 10.2 Å². The van der Waals surface area contributed by atoms with Gasteiger partial charge in [-0.15, -0.1) is 0 Å². The van der Waals surface area contributed by atoms with Gasteiger partial charge in [0.15, 0.2) is 0 Å². The van der Waals surface area contributed by atoms with Crippen molar-refractivity contribution in [1.82, 2.24) is 5.32 Å². The summed E-state index contributed by atoms with van der Waals surface area (Å²) in [6, 6.07) is 7.67. The Morgan fingerprint density at radius 3 is 2.55 bits per heavy atom. The first-order chi connectivity index (χ1) is 9.75. The minimum atomic E-state index is -0.257. The Labute approximate surface area is 119 Å². The molecule has 5 heteroatoms. The van der Waals surface area contributed by atoms with Gasteiger partial charge in [0, 0.05) is 18.7 Å². The second kappa shape index (κ2) is 5.79. The summed E-state index contributed by atoms with van der Waals surface area (Å²) in [7, 11) is 0. The number of piperidine rings is 1. The lowest BCUT2D eigenvalue weighted by atomic mass is 9.97. The van der Waals surface area contributed by atoms with Crippen LogP contribution in [0.5, 0.6) is 0 Å². The smallest absolute Gasteiger partial charge is 0.292 e. The van der Waals surface area contributed by atoms with Gasteiger partial charge in [-0.3, -0.25) is 10.1 Å².